The molecular formula is C20H22FN3O3S. The molecule has 0 bridgehead atoms. The summed E-state index contributed by atoms with van der Waals surface area (Å²) < 4.78 is 15.4. The molecule has 0 aromatic heterocycles. The van der Waals surface area contributed by atoms with Crippen LogP contribution in [-0.2, 0) is 11.2 Å². The van der Waals surface area contributed by atoms with Crippen molar-refractivity contribution in [2.24, 2.45) is 0 Å². The normalized spacial score (nSPS) is 28.0. The molecule has 1 aromatic rings. The lowest BCUT2D eigenvalue weighted by molar-refractivity contribution is -0.133. The fourth-order valence-electron chi connectivity index (χ4n) is 5.06. The van der Waals surface area contributed by atoms with E-state index < -0.39 is 12.1 Å². The number of halogens is 1. The van der Waals surface area contributed by atoms with E-state index >= 15 is 4.39 Å². The molecule has 4 heterocycles. The minimum absolute atomic E-state index is 0.0928. The SMILES string of the molecule is CNC1CC2CCCc3c4c(cc(F)c3N2C1)C(O)C(C(=O)O)=C1SC=CN14. The minimum atomic E-state index is -1.34. The first-order valence-electron chi connectivity index (χ1n) is 9.58. The zero-order valence-corrected chi connectivity index (χ0v) is 16.3. The highest BCUT2D eigenvalue weighted by Crippen LogP contribution is 2.52. The molecule has 0 spiro atoms. The van der Waals surface area contributed by atoms with Crippen molar-refractivity contribution in [3.8, 4) is 0 Å². The summed E-state index contributed by atoms with van der Waals surface area (Å²) in [5.74, 6) is -1.55. The number of likely N-dealkylation sites (N-methyl/N-ethyl adjacent to an activating group) is 1. The van der Waals surface area contributed by atoms with Crippen LogP contribution in [0.1, 0.15) is 36.5 Å². The van der Waals surface area contributed by atoms with Gasteiger partial charge in [-0.3, -0.25) is 0 Å². The molecule has 0 saturated carbocycles. The summed E-state index contributed by atoms with van der Waals surface area (Å²) in [5.41, 5.74) is 2.49. The average Bonchev–Trinajstić information content (AvgIpc) is 3.25. The van der Waals surface area contributed by atoms with E-state index in [9.17, 15) is 15.0 Å². The third-order valence-corrected chi connectivity index (χ3v) is 7.20. The summed E-state index contributed by atoms with van der Waals surface area (Å²) >= 11 is 1.28. The molecule has 8 heteroatoms. The summed E-state index contributed by atoms with van der Waals surface area (Å²) in [4.78, 5) is 15.8. The number of nitrogens with zero attached hydrogens (tertiary/aromatic N) is 2. The van der Waals surface area contributed by atoms with Crippen LogP contribution in [0.4, 0.5) is 15.8 Å². The molecule has 0 radical (unpaired) electrons. The van der Waals surface area contributed by atoms with Gasteiger partial charge in [0.15, 0.2) is 0 Å². The number of rotatable bonds is 2. The third kappa shape index (κ3) is 2.44. The smallest absolute Gasteiger partial charge is 0.337 e. The van der Waals surface area contributed by atoms with E-state index in [1.807, 2.05) is 23.6 Å². The number of anilines is 2. The number of hydrogen-bond donors (Lipinski definition) is 3. The second kappa shape index (κ2) is 6.50. The first kappa shape index (κ1) is 18.0. The highest BCUT2D eigenvalue weighted by atomic mass is 32.2. The van der Waals surface area contributed by atoms with Gasteiger partial charge in [0.05, 0.1) is 16.4 Å². The zero-order chi connectivity index (χ0) is 19.6. The number of carboxylic acid groups (broad SMARTS) is 1. The molecule has 148 valence electrons. The lowest BCUT2D eigenvalue weighted by atomic mass is 9.90. The highest BCUT2D eigenvalue weighted by molar-refractivity contribution is 8.06. The lowest BCUT2D eigenvalue weighted by Gasteiger charge is -2.35. The maximum atomic E-state index is 15.4. The quantitative estimate of drug-likeness (QED) is 0.701. The van der Waals surface area contributed by atoms with Crippen LogP contribution < -0.4 is 15.1 Å². The van der Waals surface area contributed by atoms with Crippen LogP contribution in [-0.4, -0.2) is 41.9 Å². The van der Waals surface area contributed by atoms with Gasteiger partial charge in [-0.25, -0.2) is 9.18 Å². The first-order chi connectivity index (χ1) is 13.5. The highest BCUT2D eigenvalue weighted by Gasteiger charge is 2.42. The summed E-state index contributed by atoms with van der Waals surface area (Å²) in [5, 5.41) is 26.0. The monoisotopic (exact) mass is 403 g/mol. The van der Waals surface area contributed by atoms with Gasteiger partial charge in [0.25, 0.3) is 0 Å². The van der Waals surface area contributed by atoms with E-state index in [0.717, 1.165) is 37.1 Å². The predicted molar refractivity (Wildman–Crippen MR) is 107 cm³/mol. The van der Waals surface area contributed by atoms with Gasteiger partial charge in [-0.05, 0) is 44.2 Å². The summed E-state index contributed by atoms with van der Waals surface area (Å²) in [7, 11) is 1.94. The Kier molecular flexibility index (Phi) is 4.19. The Morgan fingerprint density at radius 2 is 2.21 bits per heavy atom. The van der Waals surface area contributed by atoms with E-state index in [4.69, 9.17) is 0 Å². The Morgan fingerprint density at radius 3 is 2.96 bits per heavy atom. The molecule has 3 atom stereocenters. The molecule has 0 aliphatic carbocycles. The van der Waals surface area contributed by atoms with Crippen molar-refractivity contribution in [2.45, 2.75) is 43.9 Å². The number of carbonyl (C=O) groups is 1. The fraction of sp³-hybridized carbons (Fsp3) is 0.450. The Bertz CT molecular complexity index is 932. The zero-order valence-electron chi connectivity index (χ0n) is 15.5. The summed E-state index contributed by atoms with van der Waals surface area (Å²) in [6.45, 7) is 0.750. The van der Waals surface area contributed by atoms with Gasteiger partial charge in [-0.1, -0.05) is 11.8 Å². The van der Waals surface area contributed by atoms with Crippen LogP contribution in [0.3, 0.4) is 0 Å². The summed E-state index contributed by atoms with van der Waals surface area (Å²) in [6, 6.07) is 1.96. The average molecular weight is 403 g/mol. The van der Waals surface area contributed by atoms with Crippen LogP contribution in [0, 0.1) is 5.82 Å². The number of aliphatic carboxylic acids is 1. The largest absolute Gasteiger partial charge is 0.478 e. The van der Waals surface area contributed by atoms with Gasteiger partial charge in [0, 0.05) is 36.0 Å². The maximum absolute atomic E-state index is 15.4. The molecule has 5 rings (SSSR count). The van der Waals surface area contributed by atoms with Crippen LogP contribution in [0.25, 0.3) is 0 Å². The molecule has 0 amide bonds. The number of nitrogens with one attached hydrogen (secondary N) is 1. The fourth-order valence-corrected chi connectivity index (χ4v) is 5.97. The van der Waals surface area contributed by atoms with Gasteiger partial charge >= 0.3 is 5.97 Å². The van der Waals surface area contributed by atoms with Gasteiger partial charge < -0.3 is 25.3 Å². The Morgan fingerprint density at radius 1 is 1.39 bits per heavy atom. The first-order valence-corrected chi connectivity index (χ1v) is 10.5. The predicted octanol–water partition coefficient (Wildman–Crippen LogP) is 2.70. The van der Waals surface area contributed by atoms with Gasteiger partial charge in [0.2, 0.25) is 0 Å². The number of thioether (sulfide) groups is 1. The number of benzene rings is 1. The molecular weight excluding hydrogens is 381 g/mol. The van der Waals surface area contributed by atoms with Crippen LogP contribution in [0.5, 0.6) is 0 Å². The third-order valence-electron chi connectivity index (χ3n) is 6.31. The summed E-state index contributed by atoms with van der Waals surface area (Å²) in [6.07, 6.45) is 4.11. The minimum Gasteiger partial charge on any atom is -0.478 e. The topological polar surface area (TPSA) is 76.0 Å². The van der Waals surface area contributed by atoms with Gasteiger partial charge in [-0.2, -0.15) is 0 Å². The van der Waals surface area contributed by atoms with Crippen molar-refractivity contribution in [3.05, 3.63) is 45.2 Å². The molecule has 3 N–H and O–H groups in total. The van der Waals surface area contributed by atoms with E-state index in [1.165, 1.54) is 17.8 Å². The maximum Gasteiger partial charge on any atom is 0.337 e. The second-order valence-electron chi connectivity index (χ2n) is 7.74. The van der Waals surface area contributed by atoms with Crippen molar-refractivity contribution < 1.29 is 19.4 Å². The molecule has 1 fully saturated rings. The number of carboxylic acids is 1. The standard InChI is InChI=1S/C20H22FN3O3S/c1-22-10-7-11-3-2-4-12-16-13(8-14(21)17(12)24(11)9-10)18(25)15(20(26)27)19-23(16)5-6-28-19/h5-6,8,10-11,18,22,25H,2-4,7,9H2,1H3,(H,26,27). The van der Waals surface area contributed by atoms with E-state index in [1.54, 1.807) is 0 Å². The molecule has 1 aromatic carbocycles. The Hall–Kier alpha value is -2.03. The van der Waals surface area contributed by atoms with E-state index in [-0.39, 0.29) is 11.4 Å². The van der Waals surface area contributed by atoms with Crippen LogP contribution in [0.15, 0.2) is 28.3 Å². The van der Waals surface area contributed by atoms with E-state index in [2.05, 4.69) is 10.2 Å². The van der Waals surface area contributed by atoms with E-state index in [0.29, 0.717) is 34.8 Å². The number of fused-ring (bicyclic) bond motifs is 7. The second-order valence-corrected chi connectivity index (χ2v) is 8.64. The Labute approximate surface area is 166 Å². The number of hydrogen-bond acceptors (Lipinski definition) is 6. The van der Waals surface area contributed by atoms with Crippen molar-refractivity contribution in [2.75, 3.05) is 23.4 Å². The Balaban J connectivity index is 1.71. The molecule has 28 heavy (non-hydrogen) atoms. The number of aliphatic hydroxyl groups excluding tert-OH is 1. The molecule has 1 saturated heterocycles. The number of aliphatic hydroxyl groups is 1. The lowest BCUT2D eigenvalue weighted by Crippen LogP contribution is -2.33. The van der Waals surface area contributed by atoms with Crippen molar-refractivity contribution in [1.29, 1.82) is 0 Å². The van der Waals surface area contributed by atoms with Crippen molar-refractivity contribution >= 4 is 29.1 Å². The van der Waals surface area contributed by atoms with Gasteiger partial charge in [-0.15, -0.1) is 0 Å². The molecule has 3 unspecified atom stereocenters. The molecule has 4 aliphatic heterocycles. The van der Waals surface area contributed by atoms with Crippen molar-refractivity contribution in [1.82, 2.24) is 5.32 Å². The van der Waals surface area contributed by atoms with Crippen LogP contribution >= 0.6 is 11.8 Å². The van der Waals surface area contributed by atoms with Gasteiger partial charge in [0.1, 0.15) is 17.5 Å². The molecule has 6 nitrogen and oxygen atoms in total. The molecule has 4 aliphatic rings. The van der Waals surface area contributed by atoms with Crippen LogP contribution in [0.2, 0.25) is 0 Å². The van der Waals surface area contributed by atoms with Crippen molar-refractivity contribution in [3.63, 3.8) is 0 Å².